The van der Waals surface area contributed by atoms with Crippen molar-refractivity contribution in [3.63, 3.8) is 0 Å². The maximum atomic E-state index is 9.09. The van der Waals surface area contributed by atoms with Crippen LogP contribution in [0.1, 0.15) is 45.2 Å². The maximum absolute atomic E-state index is 9.09. The van der Waals surface area contributed by atoms with Crippen LogP contribution in [0.15, 0.2) is 18.2 Å². The van der Waals surface area contributed by atoms with Gasteiger partial charge in [0.25, 0.3) is 0 Å². The topological polar surface area (TPSA) is 32.3 Å². The van der Waals surface area contributed by atoms with Gasteiger partial charge in [-0.15, -0.1) is 0 Å². The van der Waals surface area contributed by atoms with Crippen molar-refractivity contribution >= 4 is 5.69 Å². The highest BCUT2D eigenvalue weighted by molar-refractivity contribution is 5.59. The van der Waals surface area contributed by atoms with Gasteiger partial charge in [-0.3, -0.25) is 0 Å². The molecule has 0 saturated carbocycles. The van der Waals surface area contributed by atoms with Crippen LogP contribution < -0.4 is 5.32 Å². The maximum Gasteiger partial charge on any atom is 0.0453 e. The fourth-order valence-corrected chi connectivity index (χ4v) is 2.08. The molecule has 1 aromatic carbocycles. The predicted octanol–water partition coefficient (Wildman–Crippen LogP) is 3.38. The molecule has 0 atom stereocenters. The number of aryl methyl sites for hydroxylation is 2. The Morgan fingerprint density at radius 3 is 2.06 bits per heavy atom. The van der Waals surface area contributed by atoms with E-state index in [9.17, 15) is 0 Å². The molecule has 1 aromatic rings. The van der Waals surface area contributed by atoms with Crippen LogP contribution in [0.4, 0.5) is 5.69 Å². The smallest absolute Gasteiger partial charge is 0.0453 e. The lowest BCUT2D eigenvalue weighted by Crippen LogP contribution is -2.32. The van der Waals surface area contributed by atoms with Crippen molar-refractivity contribution < 1.29 is 5.11 Å². The van der Waals surface area contributed by atoms with E-state index in [1.807, 2.05) is 0 Å². The summed E-state index contributed by atoms with van der Waals surface area (Å²) in [6, 6.07) is 6.48. The van der Waals surface area contributed by atoms with Crippen molar-refractivity contribution in [3.8, 4) is 0 Å². The van der Waals surface area contributed by atoms with Crippen molar-refractivity contribution in [2.24, 2.45) is 0 Å². The summed E-state index contributed by atoms with van der Waals surface area (Å²) in [7, 11) is 0. The highest BCUT2D eigenvalue weighted by atomic mass is 16.3. The zero-order chi connectivity index (χ0) is 12.9. The fraction of sp³-hybridized carbons (Fsp3) is 0.600. The quantitative estimate of drug-likeness (QED) is 0.792. The molecule has 0 spiro atoms. The molecule has 0 saturated heterocycles. The normalized spacial score (nSPS) is 11.6. The molecule has 0 amide bonds. The zero-order valence-electron chi connectivity index (χ0n) is 11.5. The number of rotatable bonds is 6. The lowest BCUT2D eigenvalue weighted by atomic mass is 9.96. The van der Waals surface area contributed by atoms with Crippen molar-refractivity contribution in [2.45, 2.75) is 52.5 Å². The van der Waals surface area contributed by atoms with Crippen molar-refractivity contribution in [3.05, 3.63) is 29.3 Å². The molecule has 2 heteroatoms. The van der Waals surface area contributed by atoms with Crippen molar-refractivity contribution in [1.29, 1.82) is 0 Å². The molecule has 0 radical (unpaired) electrons. The van der Waals surface area contributed by atoms with Gasteiger partial charge in [-0.1, -0.05) is 32.0 Å². The Balaban J connectivity index is 3.02. The molecule has 96 valence electrons. The summed E-state index contributed by atoms with van der Waals surface area (Å²) < 4.78 is 0. The van der Waals surface area contributed by atoms with E-state index in [4.69, 9.17) is 5.11 Å². The van der Waals surface area contributed by atoms with Crippen LogP contribution in [0.25, 0.3) is 0 Å². The molecule has 0 unspecified atom stereocenters. The minimum atomic E-state index is -0.0655. The van der Waals surface area contributed by atoms with Crippen LogP contribution in [-0.2, 0) is 12.8 Å². The predicted molar refractivity (Wildman–Crippen MR) is 74.6 cm³/mol. The first-order chi connectivity index (χ1) is 8.04. The average molecular weight is 235 g/mol. The standard InChI is InChI=1S/C15H25NO/c1-5-12-8-7-9-13(6-2)14(12)16-15(3,4)10-11-17/h7-9,16-17H,5-6,10-11H2,1-4H3. The van der Waals surface area contributed by atoms with Crippen LogP contribution >= 0.6 is 0 Å². The van der Waals surface area contributed by atoms with E-state index in [2.05, 4.69) is 51.2 Å². The Bertz CT molecular complexity index is 336. The van der Waals surface area contributed by atoms with Crippen molar-refractivity contribution in [2.75, 3.05) is 11.9 Å². The van der Waals surface area contributed by atoms with E-state index < -0.39 is 0 Å². The van der Waals surface area contributed by atoms with E-state index in [1.165, 1.54) is 16.8 Å². The van der Waals surface area contributed by atoms with Gasteiger partial charge in [0.15, 0.2) is 0 Å². The van der Waals surface area contributed by atoms with E-state index in [1.54, 1.807) is 0 Å². The SMILES string of the molecule is CCc1cccc(CC)c1NC(C)(C)CCO. The lowest BCUT2D eigenvalue weighted by molar-refractivity contribution is 0.261. The highest BCUT2D eigenvalue weighted by Crippen LogP contribution is 2.27. The molecule has 1 rings (SSSR count). The van der Waals surface area contributed by atoms with Crippen LogP contribution in [0.2, 0.25) is 0 Å². The molecule has 0 aliphatic carbocycles. The number of anilines is 1. The minimum Gasteiger partial charge on any atom is -0.396 e. The Labute approximate surface area is 105 Å². The third-order valence-electron chi connectivity index (χ3n) is 3.20. The highest BCUT2D eigenvalue weighted by Gasteiger charge is 2.19. The van der Waals surface area contributed by atoms with E-state index in [0.29, 0.717) is 0 Å². The Morgan fingerprint density at radius 2 is 1.65 bits per heavy atom. The molecular weight excluding hydrogens is 210 g/mol. The third kappa shape index (κ3) is 3.74. The summed E-state index contributed by atoms with van der Waals surface area (Å²) in [4.78, 5) is 0. The average Bonchev–Trinajstić information content (AvgIpc) is 2.28. The summed E-state index contributed by atoms with van der Waals surface area (Å²) >= 11 is 0. The summed E-state index contributed by atoms with van der Waals surface area (Å²) in [5.74, 6) is 0. The summed E-state index contributed by atoms with van der Waals surface area (Å²) in [5.41, 5.74) is 3.91. The van der Waals surface area contributed by atoms with Gasteiger partial charge in [-0.2, -0.15) is 0 Å². The van der Waals surface area contributed by atoms with Crippen LogP contribution in [0.3, 0.4) is 0 Å². The molecule has 17 heavy (non-hydrogen) atoms. The number of hydrogen-bond acceptors (Lipinski definition) is 2. The van der Waals surface area contributed by atoms with Gasteiger partial charge in [0.2, 0.25) is 0 Å². The first-order valence-electron chi connectivity index (χ1n) is 6.54. The van der Waals surface area contributed by atoms with E-state index in [0.717, 1.165) is 19.3 Å². The monoisotopic (exact) mass is 235 g/mol. The van der Waals surface area contributed by atoms with Gasteiger partial charge >= 0.3 is 0 Å². The molecule has 2 nitrogen and oxygen atoms in total. The molecular formula is C15H25NO. The third-order valence-corrected chi connectivity index (χ3v) is 3.20. The Kier molecular flexibility index (Phi) is 5.01. The number of benzene rings is 1. The van der Waals surface area contributed by atoms with Crippen molar-refractivity contribution in [1.82, 2.24) is 0 Å². The second-order valence-corrected chi connectivity index (χ2v) is 5.14. The first kappa shape index (κ1) is 14.0. The number of aliphatic hydroxyl groups is 1. The van der Waals surface area contributed by atoms with Crippen LogP contribution in [0.5, 0.6) is 0 Å². The van der Waals surface area contributed by atoms with Gasteiger partial charge in [0, 0.05) is 17.8 Å². The van der Waals surface area contributed by atoms with Crippen LogP contribution in [0, 0.1) is 0 Å². The fourth-order valence-electron chi connectivity index (χ4n) is 2.08. The summed E-state index contributed by atoms with van der Waals surface area (Å²) in [6.07, 6.45) is 2.82. The number of para-hydroxylation sites is 1. The van der Waals surface area contributed by atoms with Gasteiger partial charge in [-0.05, 0) is 44.2 Å². The number of hydrogen-bond donors (Lipinski definition) is 2. The van der Waals surface area contributed by atoms with Gasteiger partial charge in [0.1, 0.15) is 0 Å². The number of aliphatic hydroxyl groups excluding tert-OH is 1. The lowest BCUT2D eigenvalue weighted by Gasteiger charge is -2.29. The van der Waals surface area contributed by atoms with E-state index in [-0.39, 0.29) is 12.1 Å². The molecule has 0 aliphatic heterocycles. The second kappa shape index (κ2) is 6.06. The van der Waals surface area contributed by atoms with Crippen LogP contribution in [-0.4, -0.2) is 17.3 Å². The largest absolute Gasteiger partial charge is 0.396 e. The Morgan fingerprint density at radius 1 is 1.12 bits per heavy atom. The molecule has 2 N–H and O–H groups in total. The molecule has 0 aliphatic rings. The van der Waals surface area contributed by atoms with Gasteiger partial charge < -0.3 is 10.4 Å². The second-order valence-electron chi connectivity index (χ2n) is 5.14. The van der Waals surface area contributed by atoms with E-state index >= 15 is 0 Å². The van der Waals surface area contributed by atoms with Gasteiger partial charge in [-0.25, -0.2) is 0 Å². The minimum absolute atomic E-state index is 0.0655. The molecule has 0 aromatic heterocycles. The summed E-state index contributed by atoms with van der Waals surface area (Å²) in [6.45, 7) is 8.85. The molecule has 0 heterocycles. The number of nitrogens with one attached hydrogen (secondary N) is 1. The first-order valence-corrected chi connectivity index (χ1v) is 6.54. The van der Waals surface area contributed by atoms with Gasteiger partial charge in [0.05, 0.1) is 0 Å². The Hall–Kier alpha value is -1.02. The molecule has 0 fully saturated rings. The summed E-state index contributed by atoms with van der Waals surface area (Å²) in [5, 5.41) is 12.7. The zero-order valence-corrected chi connectivity index (χ0v) is 11.5. The molecule has 0 bridgehead atoms.